The van der Waals surface area contributed by atoms with Crippen molar-refractivity contribution in [3.8, 4) is 5.75 Å². The van der Waals surface area contributed by atoms with Crippen LogP contribution in [-0.4, -0.2) is 61.3 Å². The van der Waals surface area contributed by atoms with Crippen LogP contribution in [-0.2, 0) is 21.4 Å². The Balaban J connectivity index is 1.62. The van der Waals surface area contributed by atoms with Gasteiger partial charge in [-0.1, -0.05) is 4.85 Å². The van der Waals surface area contributed by atoms with Crippen LogP contribution in [0.25, 0.3) is 11.0 Å². The molecule has 0 bridgehead atoms. The largest absolute Gasteiger partial charge is 0.496 e. The molecule has 2 heterocycles. The van der Waals surface area contributed by atoms with E-state index in [9.17, 15) is 12.8 Å². The van der Waals surface area contributed by atoms with E-state index in [-0.39, 0.29) is 11.5 Å². The minimum atomic E-state index is -3.67. The fourth-order valence-corrected chi connectivity index (χ4v) is 4.49. The number of hydrogen-bond acceptors (Lipinski definition) is 7. The predicted molar refractivity (Wildman–Crippen MR) is 100 cm³/mol. The van der Waals surface area contributed by atoms with E-state index >= 15 is 0 Å². The number of fused-ring (bicyclic) bond motifs is 1. The summed E-state index contributed by atoms with van der Waals surface area (Å²) in [6.45, 7) is 1.28. The van der Waals surface area contributed by atoms with E-state index < -0.39 is 15.8 Å². The van der Waals surface area contributed by atoms with Crippen molar-refractivity contribution in [1.82, 2.24) is 19.5 Å². The molecule has 1 aromatic heterocycles. The Labute approximate surface area is 166 Å². The van der Waals surface area contributed by atoms with Crippen LogP contribution in [0.4, 0.5) is 4.39 Å². The van der Waals surface area contributed by atoms with E-state index in [2.05, 4.69) is 10.3 Å². The second kappa shape index (κ2) is 7.93. The number of nitrogens with zero attached hydrogens (tertiary/aromatic N) is 4. The minimum absolute atomic E-state index is 0.0418. The molecule has 0 spiro atoms. The van der Waals surface area contributed by atoms with Crippen molar-refractivity contribution in [2.45, 2.75) is 11.5 Å². The summed E-state index contributed by atoms with van der Waals surface area (Å²) in [5, 5.41) is 7.89. The Bertz CT molecular complexity index is 1130. The molecule has 0 aliphatic carbocycles. The molecule has 1 aliphatic heterocycles. The quantitative estimate of drug-likeness (QED) is 0.590. The highest BCUT2D eigenvalue weighted by molar-refractivity contribution is 7.89. The summed E-state index contributed by atoms with van der Waals surface area (Å²) in [6.07, 6.45) is 0. The Morgan fingerprint density at radius 2 is 1.97 bits per heavy atom. The molecule has 11 heteroatoms. The third-order valence-corrected chi connectivity index (χ3v) is 6.47. The summed E-state index contributed by atoms with van der Waals surface area (Å²) >= 11 is 0. The standard InChI is InChI=1S/C18H19FN4O5S/c1-26-18-5-2-14(19)10-13(18)12-28-23-17-11-15(3-4-16(17)20-21-23)29(24,25)22-6-8-27-9-7-22/h2-5,10-11H,6-9,12H2,1H3. The van der Waals surface area contributed by atoms with Gasteiger partial charge in [-0.2, -0.15) is 4.31 Å². The van der Waals surface area contributed by atoms with E-state index in [0.717, 1.165) is 4.85 Å². The molecule has 9 nitrogen and oxygen atoms in total. The lowest BCUT2D eigenvalue weighted by Crippen LogP contribution is -2.40. The Hall–Kier alpha value is -2.76. The smallest absolute Gasteiger partial charge is 0.243 e. The number of halogens is 1. The number of sulfonamides is 1. The third kappa shape index (κ3) is 3.88. The van der Waals surface area contributed by atoms with Crippen LogP contribution in [0.2, 0.25) is 0 Å². The minimum Gasteiger partial charge on any atom is -0.496 e. The molecule has 0 saturated carbocycles. The molecule has 0 atom stereocenters. The van der Waals surface area contributed by atoms with Crippen molar-refractivity contribution in [2.75, 3.05) is 33.4 Å². The Morgan fingerprint density at radius 3 is 2.72 bits per heavy atom. The first kappa shape index (κ1) is 19.6. The highest BCUT2D eigenvalue weighted by Crippen LogP contribution is 2.23. The first-order chi connectivity index (χ1) is 14.0. The molecule has 1 aliphatic rings. The molecule has 0 N–H and O–H groups in total. The lowest BCUT2D eigenvalue weighted by molar-refractivity contribution is 0.0727. The van der Waals surface area contributed by atoms with E-state index in [1.54, 1.807) is 6.07 Å². The summed E-state index contributed by atoms with van der Waals surface area (Å²) in [5.74, 6) is 0.0399. The highest BCUT2D eigenvalue weighted by atomic mass is 32.2. The number of benzene rings is 2. The molecule has 0 radical (unpaired) electrons. The molecule has 1 saturated heterocycles. The first-order valence-corrected chi connectivity index (χ1v) is 10.3. The van der Waals surface area contributed by atoms with E-state index in [4.69, 9.17) is 14.3 Å². The molecular formula is C18H19FN4O5S. The second-order valence-corrected chi connectivity index (χ2v) is 8.30. The van der Waals surface area contributed by atoms with Gasteiger partial charge >= 0.3 is 0 Å². The topological polar surface area (TPSA) is 95.8 Å². The molecule has 1 fully saturated rings. The summed E-state index contributed by atoms with van der Waals surface area (Å²) in [5.41, 5.74) is 1.33. The average Bonchev–Trinajstić information content (AvgIpc) is 3.15. The van der Waals surface area contributed by atoms with Gasteiger partial charge in [-0.15, -0.1) is 5.10 Å². The van der Waals surface area contributed by atoms with Crippen LogP contribution in [0.3, 0.4) is 0 Å². The maximum absolute atomic E-state index is 13.5. The number of morpholine rings is 1. The lowest BCUT2D eigenvalue weighted by Gasteiger charge is -2.26. The van der Waals surface area contributed by atoms with Crippen molar-refractivity contribution >= 4 is 21.1 Å². The number of hydrogen-bond donors (Lipinski definition) is 0. The lowest BCUT2D eigenvalue weighted by atomic mass is 10.2. The van der Waals surface area contributed by atoms with Crippen LogP contribution in [0.15, 0.2) is 41.3 Å². The zero-order valence-electron chi connectivity index (χ0n) is 15.6. The van der Waals surface area contributed by atoms with E-state index in [0.29, 0.717) is 48.6 Å². The van der Waals surface area contributed by atoms with Crippen LogP contribution >= 0.6 is 0 Å². The van der Waals surface area contributed by atoms with Crippen LogP contribution in [0.1, 0.15) is 5.56 Å². The van der Waals surface area contributed by atoms with Crippen molar-refractivity contribution in [2.24, 2.45) is 0 Å². The third-order valence-electron chi connectivity index (χ3n) is 4.58. The fourth-order valence-electron chi connectivity index (χ4n) is 3.06. The second-order valence-electron chi connectivity index (χ2n) is 6.36. The SMILES string of the molecule is COc1ccc(F)cc1COn1nnc2ccc(S(=O)(=O)N3CCOCC3)cc21. The fraction of sp³-hybridized carbons (Fsp3) is 0.333. The summed E-state index contributed by atoms with van der Waals surface area (Å²) in [7, 11) is -2.20. The average molecular weight is 422 g/mol. The highest BCUT2D eigenvalue weighted by Gasteiger charge is 2.27. The van der Waals surface area contributed by atoms with Gasteiger partial charge < -0.3 is 14.3 Å². The summed E-state index contributed by atoms with van der Waals surface area (Å²) < 4.78 is 51.1. The van der Waals surface area contributed by atoms with Crippen LogP contribution in [0.5, 0.6) is 5.75 Å². The van der Waals surface area contributed by atoms with Gasteiger partial charge in [0.15, 0.2) is 0 Å². The normalized spacial score (nSPS) is 15.5. The molecule has 0 unspecified atom stereocenters. The maximum atomic E-state index is 13.5. The number of aromatic nitrogens is 3. The van der Waals surface area contributed by atoms with Crippen molar-refractivity contribution < 1.29 is 27.1 Å². The molecule has 4 rings (SSSR count). The van der Waals surface area contributed by atoms with Crippen molar-refractivity contribution in [3.05, 3.63) is 47.8 Å². The summed E-state index contributed by atoms with van der Waals surface area (Å²) in [6, 6.07) is 8.60. The van der Waals surface area contributed by atoms with Crippen molar-refractivity contribution in [3.63, 3.8) is 0 Å². The zero-order valence-corrected chi connectivity index (χ0v) is 16.4. The predicted octanol–water partition coefficient (Wildman–Crippen LogP) is 1.23. The molecule has 154 valence electrons. The molecular weight excluding hydrogens is 403 g/mol. The van der Waals surface area contributed by atoms with Gasteiger partial charge in [0.2, 0.25) is 10.0 Å². The van der Waals surface area contributed by atoms with Gasteiger partial charge in [0.25, 0.3) is 0 Å². The maximum Gasteiger partial charge on any atom is 0.243 e. The first-order valence-electron chi connectivity index (χ1n) is 8.88. The van der Waals surface area contributed by atoms with Crippen molar-refractivity contribution in [1.29, 1.82) is 0 Å². The van der Waals surface area contributed by atoms with Gasteiger partial charge in [-0.3, -0.25) is 0 Å². The molecule has 29 heavy (non-hydrogen) atoms. The van der Waals surface area contributed by atoms with E-state index in [1.807, 2.05) is 0 Å². The Kier molecular flexibility index (Phi) is 5.35. The molecule has 3 aromatic rings. The van der Waals surface area contributed by atoms with Gasteiger partial charge in [0.05, 0.1) is 25.2 Å². The van der Waals surface area contributed by atoms with E-state index in [1.165, 1.54) is 41.7 Å². The zero-order chi connectivity index (χ0) is 20.4. The molecule has 0 amide bonds. The van der Waals surface area contributed by atoms with Crippen LogP contribution in [0, 0.1) is 5.82 Å². The number of rotatable bonds is 6. The van der Waals surface area contributed by atoms with Crippen LogP contribution < -0.4 is 9.57 Å². The molecule has 2 aromatic carbocycles. The number of methoxy groups -OCH3 is 1. The monoisotopic (exact) mass is 422 g/mol. The summed E-state index contributed by atoms with van der Waals surface area (Å²) in [4.78, 5) is 6.86. The van der Waals surface area contributed by atoms with Gasteiger partial charge in [0.1, 0.15) is 29.2 Å². The van der Waals surface area contributed by atoms with Gasteiger partial charge in [-0.25, -0.2) is 12.8 Å². The Morgan fingerprint density at radius 1 is 1.17 bits per heavy atom. The number of ether oxygens (including phenoxy) is 2. The van der Waals surface area contributed by atoms with Gasteiger partial charge in [-0.05, 0) is 41.6 Å². The van der Waals surface area contributed by atoms with Gasteiger partial charge in [0, 0.05) is 18.7 Å².